The molecule has 2 N–H and O–H groups in total. The first-order valence-corrected chi connectivity index (χ1v) is 5.96. The highest BCUT2D eigenvalue weighted by molar-refractivity contribution is 5.16. The maximum Gasteiger partial charge on any atom is 0.159 e. The lowest BCUT2D eigenvalue weighted by atomic mass is 9.94. The predicted molar refractivity (Wildman–Crippen MR) is 61.4 cm³/mol. The van der Waals surface area contributed by atoms with Crippen molar-refractivity contribution in [1.29, 1.82) is 0 Å². The van der Waals surface area contributed by atoms with Crippen LogP contribution in [0.15, 0.2) is 18.2 Å². The van der Waals surface area contributed by atoms with Crippen LogP contribution in [0.25, 0.3) is 0 Å². The quantitative estimate of drug-likeness (QED) is 0.883. The van der Waals surface area contributed by atoms with Crippen LogP contribution < -0.4 is 5.73 Å². The second-order valence-electron chi connectivity index (χ2n) is 4.60. The molecule has 2 rings (SSSR count). The molecule has 1 aliphatic rings. The summed E-state index contributed by atoms with van der Waals surface area (Å²) in [5.41, 5.74) is 6.46. The van der Waals surface area contributed by atoms with Crippen molar-refractivity contribution >= 4 is 0 Å². The molecule has 4 heteroatoms. The summed E-state index contributed by atoms with van der Waals surface area (Å²) < 4.78 is 31.3. The van der Waals surface area contributed by atoms with Crippen molar-refractivity contribution in [2.24, 2.45) is 5.73 Å². The Bertz CT molecular complexity index is 376. The Balaban J connectivity index is 1.83. The minimum absolute atomic E-state index is 0.197. The van der Waals surface area contributed by atoms with Gasteiger partial charge in [0.25, 0.3) is 0 Å². The molecule has 94 valence electrons. The van der Waals surface area contributed by atoms with Crippen LogP contribution in [0.5, 0.6) is 0 Å². The first-order valence-electron chi connectivity index (χ1n) is 5.96. The molecule has 0 aromatic heterocycles. The molecule has 0 atom stereocenters. The highest BCUT2D eigenvalue weighted by Gasteiger charge is 2.18. The summed E-state index contributed by atoms with van der Waals surface area (Å²) in [6.07, 6.45) is 4.04. The highest BCUT2D eigenvalue weighted by atomic mass is 19.2. The third-order valence-corrected chi connectivity index (χ3v) is 3.19. The molecule has 1 aromatic carbocycles. The largest absolute Gasteiger partial charge is 0.374 e. The maximum absolute atomic E-state index is 12.9. The molecule has 17 heavy (non-hydrogen) atoms. The monoisotopic (exact) mass is 241 g/mol. The predicted octanol–water partition coefficient (Wildman–Crippen LogP) is 2.75. The molecule has 0 saturated heterocycles. The van der Waals surface area contributed by atoms with Crippen LogP contribution in [-0.2, 0) is 11.3 Å². The zero-order valence-electron chi connectivity index (χ0n) is 9.66. The van der Waals surface area contributed by atoms with Crippen LogP contribution in [0, 0.1) is 11.6 Å². The topological polar surface area (TPSA) is 35.2 Å². The fourth-order valence-corrected chi connectivity index (χ4v) is 2.10. The van der Waals surface area contributed by atoms with Crippen molar-refractivity contribution in [3.8, 4) is 0 Å². The average Bonchev–Trinajstić information content (AvgIpc) is 2.33. The van der Waals surface area contributed by atoms with Gasteiger partial charge < -0.3 is 10.5 Å². The van der Waals surface area contributed by atoms with E-state index in [-0.39, 0.29) is 12.1 Å². The van der Waals surface area contributed by atoms with E-state index in [4.69, 9.17) is 10.5 Å². The molecule has 1 aliphatic carbocycles. The van der Waals surface area contributed by atoms with Gasteiger partial charge >= 0.3 is 0 Å². The lowest BCUT2D eigenvalue weighted by molar-refractivity contribution is 0.0137. The van der Waals surface area contributed by atoms with Gasteiger partial charge in [-0.2, -0.15) is 0 Å². The first-order chi connectivity index (χ1) is 8.15. The summed E-state index contributed by atoms with van der Waals surface area (Å²) in [5.74, 6) is -1.64. The Hall–Kier alpha value is -1.00. The number of ether oxygens (including phenoxy) is 1. The fourth-order valence-electron chi connectivity index (χ4n) is 2.10. The van der Waals surface area contributed by atoms with Gasteiger partial charge in [0.1, 0.15) is 0 Å². The Morgan fingerprint density at radius 2 is 1.82 bits per heavy atom. The van der Waals surface area contributed by atoms with Gasteiger partial charge in [-0.05, 0) is 43.4 Å². The van der Waals surface area contributed by atoms with Crippen LogP contribution in [-0.4, -0.2) is 12.1 Å². The molecule has 0 unspecified atom stereocenters. The Kier molecular flexibility index (Phi) is 4.07. The highest BCUT2D eigenvalue weighted by Crippen LogP contribution is 2.21. The van der Waals surface area contributed by atoms with Gasteiger partial charge in [0, 0.05) is 6.04 Å². The molecule has 0 bridgehead atoms. The SMILES string of the molecule is NC1CCC(OCc2ccc(F)c(F)c2)CC1. The third-order valence-electron chi connectivity index (χ3n) is 3.19. The molecule has 0 radical (unpaired) electrons. The van der Waals surface area contributed by atoms with Crippen molar-refractivity contribution in [3.05, 3.63) is 35.4 Å². The Morgan fingerprint density at radius 3 is 2.47 bits per heavy atom. The van der Waals surface area contributed by atoms with Gasteiger partial charge in [-0.3, -0.25) is 0 Å². The summed E-state index contributed by atoms with van der Waals surface area (Å²) in [6.45, 7) is 0.330. The smallest absolute Gasteiger partial charge is 0.159 e. The van der Waals surface area contributed by atoms with Crippen LogP contribution in [0.4, 0.5) is 8.78 Å². The minimum Gasteiger partial charge on any atom is -0.374 e. The van der Waals surface area contributed by atoms with E-state index >= 15 is 0 Å². The van der Waals surface area contributed by atoms with E-state index < -0.39 is 11.6 Å². The summed E-state index contributed by atoms with van der Waals surface area (Å²) in [4.78, 5) is 0. The van der Waals surface area contributed by atoms with Gasteiger partial charge in [-0.15, -0.1) is 0 Å². The standard InChI is InChI=1S/C13H17F2NO/c14-12-6-1-9(7-13(12)15)8-17-11-4-2-10(16)3-5-11/h1,6-7,10-11H,2-5,8,16H2. The molecule has 0 spiro atoms. The number of halogens is 2. The van der Waals surface area contributed by atoms with Crippen LogP contribution in [0.1, 0.15) is 31.2 Å². The fraction of sp³-hybridized carbons (Fsp3) is 0.538. The van der Waals surface area contributed by atoms with Crippen molar-refractivity contribution < 1.29 is 13.5 Å². The molecular formula is C13H17F2NO. The van der Waals surface area contributed by atoms with E-state index in [0.29, 0.717) is 12.2 Å². The summed E-state index contributed by atoms with van der Waals surface area (Å²) in [6, 6.07) is 4.15. The second kappa shape index (κ2) is 5.56. The molecule has 0 aliphatic heterocycles. The van der Waals surface area contributed by atoms with Gasteiger partial charge in [0.15, 0.2) is 11.6 Å². The number of hydrogen-bond donors (Lipinski definition) is 1. The summed E-state index contributed by atoms with van der Waals surface area (Å²) in [5, 5.41) is 0. The maximum atomic E-state index is 12.9. The number of hydrogen-bond acceptors (Lipinski definition) is 2. The lowest BCUT2D eigenvalue weighted by Gasteiger charge is -2.26. The summed E-state index contributed by atoms with van der Waals surface area (Å²) >= 11 is 0. The third kappa shape index (κ3) is 3.48. The van der Waals surface area contributed by atoms with E-state index in [0.717, 1.165) is 31.7 Å². The van der Waals surface area contributed by atoms with E-state index in [1.165, 1.54) is 6.07 Å². The molecule has 0 heterocycles. The second-order valence-corrected chi connectivity index (χ2v) is 4.60. The molecule has 2 nitrogen and oxygen atoms in total. The minimum atomic E-state index is -0.822. The van der Waals surface area contributed by atoms with Gasteiger partial charge in [-0.1, -0.05) is 6.07 Å². The van der Waals surface area contributed by atoms with Crippen LogP contribution in [0.2, 0.25) is 0 Å². The van der Waals surface area contributed by atoms with Crippen molar-refractivity contribution in [2.75, 3.05) is 0 Å². The molecular weight excluding hydrogens is 224 g/mol. The van der Waals surface area contributed by atoms with E-state index in [1.54, 1.807) is 6.07 Å². The van der Waals surface area contributed by atoms with E-state index in [2.05, 4.69) is 0 Å². The van der Waals surface area contributed by atoms with E-state index in [9.17, 15) is 8.78 Å². The molecule has 1 aromatic rings. The molecule has 1 saturated carbocycles. The Labute approximate surface area is 99.8 Å². The first kappa shape index (κ1) is 12.5. The van der Waals surface area contributed by atoms with Gasteiger partial charge in [0.05, 0.1) is 12.7 Å². The zero-order valence-corrected chi connectivity index (χ0v) is 9.66. The molecule has 1 fully saturated rings. The van der Waals surface area contributed by atoms with Gasteiger partial charge in [0.2, 0.25) is 0 Å². The zero-order chi connectivity index (χ0) is 12.3. The van der Waals surface area contributed by atoms with Crippen molar-refractivity contribution in [2.45, 2.75) is 44.4 Å². The number of rotatable bonds is 3. The van der Waals surface area contributed by atoms with E-state index in [1.807, 2.05) is 0 Å². The summed E-state index contributed by atoms with van der Waals surface area (Å²) in [7, 11) is 0. The normalized spacial score (nSPS) is 24.9. The molecule has 0 amide bonds. The Morgan fingerprint density at radius 1 is 1.12 bits per heavy atom. The number of benzene rings is 1. The van der Waals surface area contributed by atoms with Gasteiger partial charge in [-0.25, -0.2) is 8.78 Å². The average molecular weight is 241 g/mol. The van der Waals surface area contributed by atoms with Crippen molar-refractivity contribution in [3.63, 3.8) is 0 Å². The van der Waals surface area contributed by atoms with Crippen LogP contribution >= 0.6 is 0 Å². The lowest BCUT2D eigenvalue weighted by Crippen LogP contribution is -2.30. The van der Waals surface area contributed by atoms with Crippen LogP contribution in [0.3, 0.4) is 0 Å². The number of nitrogens with two attached hydrogens (primary N) is 1. The van der Waals surface area contributed by atoms with Crippen molar-refractivity contribution in [1.82, 2.24) is 0 Å².